The molecule has 2 N–H and O–H groups in total. The molecule has 1 aromatic carbocycles. The first kappa shape index (κ1) is 35.1. The number of amides is 2. The molecule has 2 aromatic heterocycles. The third-order valence-corrected chi connectivity index (χ3v) is 10.8. The van der Waals surface area contributed by atoms with Crippen molar-refractivity contribution in [2.75, 3.05) is 31.3 Å². The highest BCUT2D eigenvalue weighted by Gasteiger charge is 2.51. The SMILES string of the molecule is CCC1(OC(=O)OCCSSCCOC(=O)NCCCCC2NC(=O)OC2=O)C(=O)OCc2c1cc1n(c2=O)Cc2cc3ccccc3nc2-1. The largest absolute Gasteiger partial charge is 0.509 e. The van der Waals surface area contributed by atoms with Gasteiger partial charge in [0.15, 0.2) is 0 Å². The molecule has 17 heteroatoms. The van der Waals surface area contributed by atoms with Gasteiger partial charge in [-0.3, -0.25) is 4.79 Å². The van der Waals surface area contributed by atoms with Crippen LogP contribution in [0, 0.1) is 0 Å². The minimum absolute atomic E-state index is 0.0149. The van der Waals surface area contributed by atoms with E-state index >= 15 is 0 Å². The molecule has 0 bridgehead atoms. The van der Waals surface area contributed by atoms with E-state index in [-0.39, 0.29) is 42.9 Å². The first-order valence-corrected chi connectivity index (χ1v) is 18.6. The highest BCUT2D eigenvalue weighted by molar-refractivity contribution is 8.76. The molecule has 15 nitrogen and oxygen atoms in total. The summed E-state index contributed by atoms with van der Waals surface area (Å²) < 4.78 is 27.5. The van der Waals surface area contributed by atoms with Crippen LogP contribution in [0.4, 0.5) is 14.4 Å². The molecular formula is C33H34N4O11S2. The molecule has 3 aliphatic rings. The van der Waals surface area contributed by atoms with E-state index in [0.717, 1.165) is 16.5 Å². The lowest BCUT2D eigenvalue weighted by Crippen LogP contribution is -2.47. The second-order valence-corrected chi connectivity index (χ2v) is 14.3. The lowest BCUT2D eigenvalue weighted by Gasteiger charge is -2.35. The van der Waals surface area contributed by atoms with E-state index in [4.69, 9.17) is 23.9 Å². The maximum atomic E-state index is 13.7. The predicted octanol–water partition coefficient (Wildman–Crippen LogP) is 4.15. The van der Waals surface area contributed by atoms with Crippen molar-refractivity contribution in [3.05, 3.63) is 63.4 Å². The second kappa shape index (κ2) is 15.4. The number of fused-ring (bicyclic) bond motifs is 5. The van der Waals surface area contributed by atoms with E-state index in [1.54, 1.807) is 17.6 Å². The summed E-state index contributed by atoms with van der Waals surface area (Å²) >= 11 is 0. The molecule has 3 aliphatic heterocycles. The zero-order valence-electron chi connectivity index (χ0n) is 27.0. The number of carbonyl (C=O) groups excluding carboxylic acids is 5. The highest BCUT2D eigenvalue weighted by Crippen LogP contribution is 2.41. The topological polar surface area (TPSA) is 190 Å². The Kier molecular flexibility index (Phi) is 10.8. The van der Waals surface area contributed by atoms with Gasteiger partial charge in [0.2, 0.25) is 5.60 Å². The Balaban J connectivity index is 0.940. The third-order valence-electron chi connectivity index (χ3n) is 8.47. The van der Waals surface area contributed by atoms with Crippen molar-refractivity contribution in [2.24, 2.45) is 0 Å². The van der Waals surface area contributed by atoms with Crippen molar-refractivity contribution >= 4 is 62.8 Å². The Morgan fingerprint density at radius 3 is 2.62 bits per heavy atom. The molecule has 2 atom stereocenters. The van der Waals surface area contributed by atoms with Crippen LogP contribution in [0.15, 0.2) is 41.2 Å². The van der Waals surface area contributed by atoms with E-state index in [1.807, 2.05) is 30.3 Å². The first-order chi connectivity index (χ1) is 24.2. The summed E-state index contributed by atoms with van der Waals surface area (Å²) in [7, 11) is 2.81. The maximum Gasteiger partial charge on any atom is 0.509 e. The molecule has 2 unspecified atom stereocenters. The van der Waals surface area contributed by atoms with Crippen molar-refractivity contribution in [2.45, 2.75) is 57.4 Å². The number of hydrogen-bond donors (Lipinski definition) is 2. The number of nitrogens with zero attached hydrogens (tertiary/aromatic N) is 2. The lowest BCUT2D eigenvalue weighted by molar-refractivity contribution is -0.175. The van der Waals surface area contributed by atoms with E-state index in [0.29, 0.717) is 55.2 Å². The standard InChI is InChI=1S/C33H34N4O11S2/c1-2-33(48-32(43)45-12-14-50-49-13-11-44-30(41)34-10-6-5-9-24-28(39)47-31(42)36-24)22-16-25-26-20(15-19-7-3-4-8-23(19)35-26)17-37(25)27(38)21(22)18-46-29(33)40/h3-4,7-8,15-16,24H,2,5-6,9-14,17-18H2,1H3,(H,34,41)(H,36,42). The molecule has 264 valence electrons. The van der Waals surface area contributed by atoms with E-state index in [2.05, 4.69) is 15.4 Å². The number of hydrogen-bond acceptors (Lipinski definition) is 14. The number of alkyl carbamates (subject to hydrolysis) is 2. The van der Waals surface area contributed by atoms with Crippen molar-refractivity contribution < 1.29 is 47.7 Å². The van der Waals surface area contributed by atoms with E-state index in [9.17, 15) is 28.8 Å². The fourth-order valence-corrected chi connectivity index (χ4v) is 7.65. The summed E-state index contributed by atoms with van der Waals surface area (Å²) in [4.78, 5) is 78.8. The van der Waals surface area contributed by atoms with Crippen LogP contribution in [0.2, 0.25) is 0 Å². The summed E-state index contributed by atoms with van der Waals surface area (Å²) in [5.74, 6) is -0.488. The Morgan fingerprint density at radius 2 is 1.86 bits per heavy atom. The highest BCUT2D eigenvalue weighted by atomic mass is 33.1. The smallest absolute Gasteiger partial charge is 0.457 e. The van der Waals surface area contributed by atoms with Crippen LogP contribution in [0.5, 0.6) is 0 Å². The Morgan fingerprint density at radius 1 is 1.08 bits per heavy atom. The van der Waals surface area contributed by atoms with Gasteiger partial charge in [0.1, 0.15) is 25.9 Å². The number of cyclic esters (lactones) is 3. The van der Waals surface area contributed by atoms with Gasteiger partial charge in [-0.05, 0) is 43.9 Å². The molecule has 0 radical (unpaired) electrons. The number of aromatic nitrogens is 2. The molecule has 0 saturated carbocycles. The first-order valence-electron chi connectivity index (χ1n) is 16.1. The quantitative estimate of drug-likeness (QED) is 0.0619. The molecule has 5 heterocycles. The molecule has 2 amide bonds. The van der Waals surface area contributed by atoms with Crippen LogP contribution < -0.4 is 16.2 Å². The van der Waals surface area contributed by atoms with Gasteiger partial charge in [-0.1, -0.05) is 46.7 Å². The van der Waals surface area contributed by atoms with Crippen LogP contribution >= 0.6 is 21.6 Å². The number of unbranched alkanes of at least 4 members (excludes halogenated alkanes) is 1. The predicted molar refractivity (Wildman–Crippen MR) is 181 cm³/mol. The summed E-state index contributed by atoms with van der Waals surface area (Å²) in [5.41, 5.74) is 1.13. The normalized spacial score (nSPS) is 18.7. The number of nitrogens with one attached hydrogen (secondary N) is 2. The summed E-state index contributed by atoms with van der Waals surface area (Å²) in [6, 6.07) is 10.7. The third kappa shape index (κ3) is 7.38. The fourth-order valence-electron chi connectivity index (χ4n) is 6.00. The second-order valence-electron chi connectivity index (χ2n) is 11.6. The van der Waals surface area contributed by atoms with E-state index < -0.39 is 41.9 Å². The number of esters is 2. The molecule has 6 rings (SSSR count). The van der Waals surface area contributed by atoms with Gasteiger partial charge in [-0.2, -0.15) is 0 Å². The summed E-state index contributed by atoms with van der Waals surface area (Å²) in [6.07, 6.45) is -0.738. The molecule has 3 aromatic rings. The summed E-state index contributed by atoms with van der Waals surface area (Å²) in [6.45, 7) is 2.26. The Labute approximate surface area is 293 Å². The number of pyridine rings is 2. The van der Waals surface area contributed by atoms with Crippen LogP contribution in [0.3, 0.4) is 0 Å². The minimum Gasteiger partial charge on any atom is -0.457 e. The van der Waals surface area contributed by atoms with Crippen LogP contribution in [-0.2, 0) is 52.0 Å². The van der Waals surface area contributed by atoms with Crippen molar-refractivity contribution in [3.63, 3.8) is 0 Å². The van der Waals surface area contributed by atoms with Gasteiger partial charge in [0.05, 0.1) is 29.0 Å². The van der Waals surface area contributed by atoms with Gasteiger partial charge in [-0.15, -0.1) is 0 Å². The number of rotatable bonds is 14. The zero-order valence-corrected chi connectivity index (χ0v) is 28.7. The lowest BCUT2D eigenvalue weighted by atomic mass is 9.85. The van der Waals surface area contributed by atoms with Crippen LogP contribution in [-0.4, -0.2) is 77.1 Å². The van der Waals surface area contributed by atoms with Crippen molar-refractivity contribution in [1.82, 2.24) is 20.2 Å². The molecule has 1 fully saturated rings. The molecule has 1 saturated heterocycles. The van der Waals surface area contributed by atoms with Gasteiger partial charge in [-0.25, -0.2) is 29.0 Å². The molecule has 0 aliphatic carbocycles. The van der Waals surface area contributed by atoms with Crippen molar-refractivity contribution in [1.29, 1.82) is 0 Å². The summed E-state index contributed by atoms with van der Waals surface area (Å²) in [5, 5.41) is 5.99. The fraction of sp³-hybridized carbons (Fsp3) is 0.424. The number of benzene rings is 1. The van der Waals surface area contributed by atoms with Crippen LogP contribution in [0.25, 0.3) is 22.3 Å². The number of carbonyl (C=O) groups is 5. The molecular weight excluding hydrogens is 693 g/mol. The van der Waals surface area contributed by atoms with E-state index in [1.165, 1.54) is 21.6 Å². The maximum absolute atomic E-state index is 13.7. The Hall–Kier alpha value is -4.77. The zero-order chi connectivity index (χ0) is 35.3. The Bertz CT molecular complexity index is 1900. The van der Waals surface area contributed by atoms with Gasteiger partial charge >= 0.3 is 30.3 Å². The minimum atomic E-state index is -1.86. The van der Waals surface area contributed by atoms with Gasteiger partial charge in [0.25, 0.3) is 5.56 Å². The van der Waals surface area contributed by atoms with Crippen LogP contribution in [0.1, 0.15) is 49.3 Å². The average Bonchev–Trinajstić information content (AvgIpc) is 3.63. The van der Waals surface area contributed by atoms with Gasteiger partial charge in [0, 0.05) is 34.6 Å². The van der Waals surface area contributed by atoms with Gasteiger partial charge < -0.3 is 38.9 Å². The molecule has 0 spiro atoms. The number of para-hydroxylation sites is 1. The molecule has 50 heavy (non-hydrogen) atoms. The monoisotopic (exact) mass is 726 g/mol. The average molecular weight is 727 g/mol. The van der Waals surface area contributed by atoms with Crippen molar-refractivity contribution in [3.8, 4) is 11.4 Å². The number of ether oxygens (including phenoxy) is 5.